The number of rotatable bonds is 9. The predicted octanol–water partition coefficient (Wildman–Crippen LogP) is 5.39. The summed E-state index contributed by atoms with van der Waals surface area (Å²) in [7, 11) is 1.27. The lowest BCUT2D eigenvalue weighted by Gasteiger charge is -2.20. The highest BCUT2D eigenvalue weighted by Crippen LogP contribution is 2.41. The van der Waals surface area contributed by atoms with Crippen LogP contribution in [-0.2, 0) is 6.42 Å². The Morgan fingerprint density at radius 2 is 1.76 bits per heavy atom. The summed E-state index contributed by atoms with van der Waals surface area (Å²) in [6.07, 6.45) is 3.89. The zero-order valence-electron chi connectivity index (χ0n) is 19.2. The van der Waals surface area contributed by atoms with Crippen molar-refractivity contribution >= 4 is 11.9 Å². The number of ether oxygens (including phenoxy) is 1. The van der Waals surface area contributed by atoms with Gasteiger partial charge in [-0.2, -0.15) is 0 Å². The highest BCUT2D eigenvalue weighted by Gasteiger charge is 2.27. The molecule has 0 aliphatic rings. The van der Waals surface area contributed by atoms with Crippen LogP contribution < -0.4 is 4.74 Å². The molecule has 1 atom stereocenters. The van der Waals surface area contributed by atoms with Crippen LogP contribution in [0.2, 0.25) is 0 Å². The quantitative estimate of drug-likeness (QED) is 0.149. The number of phenolic OH excluding ortho intramolecular Hbond substituents is 4. The molecule has 2 aromatic rings. The van der Waals surface area contributed by atoms with Gasteiger partial charge in [0.1, 0.15) is 34.3 Å². The average molecular weight is 455 g/mol. The first-order valence-corrected chi connectivity index (χ1v) is 10.3. The van der Waals surface area contributed by atoms with Crippen LogP contribution in [0.15, 0.2) is 53.8 Å². The third-order valence-corrected chi connectivity index (χ3v) is 5.29. The van der Waals surface area contributed by atoms with E-state index in [1.165, 1.54) is 25.3 Å². The number of Topliss-reactive ketones (excluding diaryl/α,β-unsaturated/α-hetero) is 1. The van der Waals surface area contributed by atoms with Crippen LogP contribution in [0.5, 0.6) is 28.7 Å². The number of benzene rings is 2. The topological polar surface area (TPSA) is 127 Å². The Kier molecular flexibility index (Phi) is 8.18. The fourth-order valence-corrected chi connectivity index (χ4v) is 3.33. The van der Waals surface area contributed by atoms with Crippen molar-refractivity contribution in [1.29, 1.82) is 0 Å². The van der Waals surface area contributed by atoms with Gasteiger partial charge < -0.3 is 30.3 Å². The maximum Gasteiger partial charge on any atom is 0.234 e. The lowest BCUT2D eigenvalue weighted by atomic mass is 9.87. The highest BCUT2D eigenvalue weighted by molar-refractivity contribution is 6.13. The van der Waals surface area contributed by atoms with Crippen molar-refractivity contribution in [1.82, 2.24) is 0 Å². The van der Waals surface area contributed by atoms with Gasteiger partial charge in [0.05, 0.1) is 7.11 Å². The number of carbonyl (C=O) groups is 1. The van der Waals surface area contributed by atoms with E-state index in [-0.39, 0.29) is 52.0 Å². The third kappa shape index (κ3) is 6.10. The summed E-state index contributed by atoms with van der Waals surface area (Å²) >= 11 is 0. The number of hydrogen-bond donors (Lipinski definition) is 5. The molecule has 0 radical (unpaired) electrons. The van der Waals surface area contributed by atoms with Gasteiger partial charge in [-0.05, 0) is 57.7 Å². The Morgan fingerprint density at radius 1 is 1.09 bits per heavy atom. The fourth-order valence-electron chi connectivity index (χ4n) is 3.33. The molecule has 7 heteroatoms. The lowest BCUT2D eigenvalue weighted by molar-refractivity contribution is 0.0974. The lowest BCUT2D eigenvalue weighted by Crippen LogP contribution is -2.10. The number of hydrogen-bond acceptors (Lipinski definition) is 7. The van der Waals surface area contributed by atoms with Crippen molar-refractivity contribution in [3.05, 3.63) is 70.5 Å². The van der Waals surface area contributed by atoms with Gasteiger partial charge in [-0.25, -0.2) is 0 Å². The number of ketones is 1. The van der Waals surface area contributed by atoms with Crippen molar-refractivity contribution in [3.8, 4) is 28.7 Å². The fraction of sp³-hybridized carbons (Fsp3) is 0.269. The Balaban J connectivity index is 2.54. The first-order chi connectivity index (χ1) is 15.5. The molecule has 0 spiro atoms. The maximum atomic E-state index is 13.0. The molecular formula is C26H30O7. The largest absolute Gasteiger partial charge is 0.508 e. The molecule has 0 aliphatic carbocycles. The van der Waals surface area contributed by atoms with Crippen LogP contribution >= 0.6 is 0 Å². The number of phenols is 4. The molecule has 0 saturated heterocycles. The Hall–Kier alpha value is -3.87. The van der Waals surface area contributed by atoms with Crippen molar-refractivity contribution in [2.45, 2.75) is 33.6 Å². The van der Waals surface area contributed by atoms with Crippen molar-refractivity contribution < 1.29 is 35.1 Å². The number of aromatic hydroxyl groups is 4. The summed E-state index contributed by atoms with van der Waals surface area (Å²) in [5.74, 6) is -3.25. The van der Waals surface area contributed by atoms with Crippen LogP contribution in [-0.4, -0.2) is 38.4 Å². The molecule has 0 heterocycles. The number of aliphatic hydroxyl groups is 1. The molecule has 0 aliphatic heterocycles. The molecule has 0 fully saturated rings. The SMILES string of the molecule is C=C(C)C(CC=C(C)C)Cc1c(O)cc(OC)c(C(=O)/C(O)=C/c2ccc(O)cc2O)c1O. The predicted molar refractivity (Wildman–Crippen MR) is 127 cm³/mol. The van der Waals surface area contributed by atoms with Crippen LogP contribution in [0.3, 0.4) is 0 Å². The second kappa shape index (κ2) is 10.6. The molecule has 5 N–H and O–H groups in total. The number of carbonyl (C=O) groups excluding carboxylic acids is 1. The van der Waals surface area contributed by atoms with E-state index in [9.17, 15) is 30.3 Å². The van der Waals surface area contributed by atoms with E-state index < -0.39 is 17.3 Å². The van der Waals surface area contributed by atoms with E-state index in [1.807, 2.05) is 26.8 Å². The van der Waals surface area contributed by atoms with E-state index in [1.54, 1.807) is 0 Å². The van der Waals surface area contributed by atoms with Crippen LogP contribution in [0.25, 0.3) is 6.08 Å². The second-order valence-corrected chi connectivity index (χ2v) is 8.17. The first-order valence-electron chi connectivity index (χ1n) is 10.3. The Morgan fingerprint density at radius 3 is 2.30 bits per heavy atom. The number of aliphatic hydroxyl groups excluding tert-OH is 1. The van der Waals surface area contributed by atoms with Gasteiger partial charge in [0, 0.05) is 23.3 Å². The first kappa shape index (κ1) is 25.4. The highest BCUT2D eigenvalue weighted by atomic mass is 16.5. The minimum absolute atomic E-state index is 0.0835. The van der Waals surface area contributed by atoms with Crippen molar-refractivity contribution in [2.75, 3.05) is 7.11 Å². The summed E-state index contributed by atoms with van der Waals surface area (Å²) in [5, 5.41) is 51.2. The van der Waals surface area contributed by atoms with Gasteiger partial charge in [0.2, 0.25) is 5.78 Å². The van der Waals surface area contributed by atoms with Gasteiger partial charge in [0.15, 0.2) is 5.76 Å². The summed E-state index contributed by atoms with van der Waals surface area (Å²) in [5.41, 5.74) is 1.86. The molecule has 0 aromatic heterocycles. The summed E-state index contributed by atoms with van der Waals surface area (Å²) in [6, 6.07) is 4.87. The van der Waals surface area contributed by atoms with Gasteiger partial charge in [-0.1, -0.05) is 23.8 Å². The van der Waals surface area contributed by atoms with Crippen molar-refractivity contribution in [3.63, 3.8) is 0 Å². The molecule has 7 nitrogen and oxygen atoms in total. The minimum atomic E-state index is -0.964. The average Bonchev–Trinajstić information content (AvgIpc) is 2.73. The molecule has 2 rings (SSSR count). The summed E-state index contributed by atoms with van der Waals surface area (Å²) in [4.78, 5) is 13.0. The minimum Gasteiger partial charge on any atom is -0.508 e. The second-order valence-electron chi connectivity index (χ2n) is 8.17. The van der Waals surface area contributed by atoms with Crippen LogP contribution in [0, 0.1) is 5.92 Å². The smallest absolute Gasteiger partial charge is 0.234 e. The van der Waals surface area contributed by atoms with Crippen molar-refractivity contribution in [2.24, 2.45) is 5.92 Å². The van der Waals surface area contributed by atoms with E-state index in [0.29, 0.717) is 6.42 Å². The molecule has 0 bridgehead atoms. The number of methoxy groups -OCH3 is 1. The monoisotopic (exact) mass is 454 g/mol. The maximum absolute atomic E-state index is 13.0. The van der Waals surface area contributed by atoms with E-state index in [2.05, 4.69) is 6.58 Å². The Bertz CT molecular complexity index is 1120. The number of allylic oxidation sites excluding steroid dienone is 4. The van der Waals surface area contributed by atoms with Crippen LogP contribution in [0.4, 0.5) is 0 Å². The summed E-state index contributed by atoms with van der Waals surface area (Å²) in [6.45, 7) is 9.78. The van der Waals surface area contributed by atoms with Gasteiger partial charge >= 0.3 is 0 Å². The summed E-state index contributed by atoms with van der Waals surface area (Å²) < 4.78 is 5.17. The van der Waals surface area contributed by atoms with Gasteiger partial charge in [0.25, 0.3) is 0 Å². The molecule has 176 valence electrons. The molecule has 2 aromatic carbocycles. The molecule has 0 amide bonds. The molecule has 0 saturated carbocycles. The zero-order chi connectivity index (χ0) is 24.9. The van der Waals surface area contributed by atoms with Crippen LogP contribution in [0.1, 0.15) is 48.7 Å². The van der Waals surface area contributed by atoms with E-state index >= 15 is 0 Å². The standard InChI is InChI=1S/C26H30O7/c1-14(2)6-7-16(15(3)4)10-19-21(29)13-23(33-5)24(25(19)31)26(32)22(30)11-17-8-9-18(27)12-20(17)28/h6,8-9,11-13,16,27-31H,3,7,10H2,1-2,4-5H3/b22-11-. The Labute approximate surface area is 193 Å². The molecular weight excluding hydrogens is 424 g/mol. The molecule has 1 unspecified atom stereocenters. The normalized spacial score (nSPS) is 12.2. The van der Waals surface area contributed by atoms with Gasteiger partial charge in [-0.15, -0.1) is 0 Å². The van der Waals surface area contributed by atoms with E-state index in [0.717, 1.165) is 23.3 Å². The molecule has 33 heavy (non-hydrogen) atoms. The zero-order valence-corrected chi connectivity index (χ0v) is 19.2. The third-order valence-electron chi connectivity index (χ3n) is 5.29. The van der Waals surface area contributed by atoms with E-state index in [4.69, 9.17) is 4.74 Å². The van der Waals surface area contributed by atoms with Gasteiger partial charge in [-0.3, -0.25) is 4.79 Å².